The predicted octanol–water partition coefficient (Wildman–Crippen LogP) is 2.15. The normalized spacial score (nSPS) is 24.2. The Morgan fingerprint density at radius 3 is 2.76 bits per heavy atom. The number of hydrogen-bond acceptors (Lipinski definition) is 4. The summed E-state index contributed by atoms with van der Waals surface area (Å²) in [5.41, 5.74) is 0. The van der Waals surface area contributed by atoms with Crippen LogP contribution in [0, 0.1) is 5.92 Å². The van der Waals surface area contributed by atoms with Gasteiger partial charge >= 0.3 is 0 Å². The van der Waals surface area contributed by atoms with Crippen LogP contribution < -0.4 is 5.32 Å². The van der Waals surface area contributed by atoms with E-state index in [1.807, 2.05) is 0 Å². The number of halogens is 1. The molecule has 2 fully saturated rings. The maximum atomic E-state index is 12.5. The van der Waals surface area contributed by atoms with Crippen molar-refractivity contribution in [1.29, 1.82) is 0 Å². The fourth-order valence-electron chi connectivity index (χ4n) is 3.10. The molecule has 6 heteroatoms. The van der Waals surface area contributed by atoms with Crippen LogP contribution in [0.15, 0.2) is 15.9 Å². The molecule has 0 aliphatic carbocycles. The molecule has 0 bridgehead atoms. The van der Waals surface area contributed by atoms with E-state index in [1.165, 1.54) is 8.66 Å². The van der Waals surface area contributed by atoms with Crippen LogP contribution in [0.2, 0.25) is 0 Å². The van der Waals surface area contributed by atoms with E-state index in [1.54, 1.807) is 11.3 Å². The highest BCUT2D eigenvalue weighted by Crippen LogP contribution is 2.24. The molecule has 1 aromatic rings. The Labute approximate surface area is 138 Å². The van der Waals surface area contributed by atoms with Gasteiger partial charge in [0.15, 0.2) is 0 Å². The molecule has 1 N–H and O–H groups in total. The van der Waals surface area contributed by atoms with Crippen molar-refractivity contribution in [3.05, 3.63) is 20.8 Å². The smallest absolute Gasteiger partial charge is 0.227 e. The summed E-state index contributed by atoms with van der Waals surface area (Å²) in [5, 5.41) is 3.34. The lowest BCUT2D eigenvalue weighted by Crippen LogP contribution is -2.51. The largest absolute Gasteiger partial charge is 0.340 e. The summed E-state index contributed by atoms with van der Waals surface area (Å²) in [4.78, 5) is 18.4. The van der Waals surface area contributed by atoms with Gasteiger partial charge in [0.2, 0.25) is 5.91 Å². The van der Waals surface area contributed by atoms with Gasteiger partial charge in [-0.1, -0.05) is 0 Å². The Morgan fingerprint density at radius 1 is 1.33 bits per heavy atom. The second-order valence-electron chi connectivity index (χ2n) is 5.85. The Hall–Kier alpha value is -0.430. The molecule has 0 aromatic carbocycles. The van der Waals surface area contributed by atoms with Gasteiger partial charge in [-0.25, -0.2) is 0 Å². The van der Waals surface area contributed by atoms with Crippen LogP contribution in [0.3, 0.4) is 0 Å². The number of carbonyl (C=O) groups excluding carboxylic acids is 1. The quantitative estimate of drug-likeness (QED) is 0.883. The summed E-state index contributed by atoms with van der Waals surface area (Å²) >= 11 is 5.31. The molecule has 0 radical (unpaired) electrons. The van der Waals surface area contributed by atoms with E-state index in [0.717, 1.165) is 58.7 Å². The van der Waals surface area contributed by atoms with Gasteiger partial charge in [-0.2, -0.15) is 0 Å². The molecule has 1 amide bonds. The van der Waals surface area contributed by atoms with Crippen molar-refractivity contribution in [3.63, 3.8) is 0 Å². The van der Waals surface area contributed by atoms with Gasteiger partial charge < -0.3 is 10.2 Å². The molecule has 1 unspecified atom stereocenters. The minimum Gasteiger partial charge on any atom is -0.340 e. The van der Waals surface area contributed by atoms with Crippen LogP contribution in [0.4, 0.5) is 0 Å². The van der Waals surface area contributed by atoms with Crippen LogP contribution in [-0.4, -0.2) is 55.0 Å². The lowest BCUT2D eigenvalue weighted by Gasteiger charge is -2.37. The first-order chi connectivity index (χ1) is 10.2. The highest BCUT2D eigenvalue weighted by molar-refractivity contribution is 9.11. The molecule has 0 spiro atoms. The lowest BCUT2D eigenvalue weighted by atomic mass is 9.98. The van der Waals surface area contributed by atoms with Gasteiger partial charge in [-0.05, 0) is 47.4 Å². The molecule has 1 atom stereocenters. The third-order valence-electron chi connectivity index (χ3n) is 4.34. The number of hydrogen-bond donors (Lipinski definition) is 1. The number of carbonyl (C=O) groups is 1. The average molecular weight is 372 g/mol. The summed E-state index contributed by atoms with van der Waals surface area (Å²) in [6.07, 6.45) is 2.18. The first-order valence-electron chi connectivity index (χ1n) is 7.68. The topological polar surface area (TPSA) is 35.6 Å². The molecule has 116 valence electrons. The van der Waals surface area contributed by atoms with Crippen LogP contribution >= 0.6 is 27.3 Å². The first kappa shape index (κ1) is 15.5. The maximum Gasteiger partial charge on any atom is 0.227 e. The molecule has 21 heavy (non-hydrogen) atoms. The van der Waals surface area contributed by atoms with Crippen molar-refractivity contribution in [2.24, 2.45) is 5.92 Å². The Kier molecular flexibility index (Phi) is 5.32. The third kappa shape index (κ3) is 4.06. The van der Waals surface area contributed by atoms with Crippen molar-refractivity contribution < 1.29 is 4.79 Å². The number of nitrogens with one attached hydrogen (secondary N) is 1. The fourth-order valence-corrected chi connectivity index (χ4v) is 4.63. The SMILES string of the molecule is O=C(C1CCCNC1)N1CCN(Cc2ccc(Br)s2)CC1. The number of rotatable bonds is 3. The van der Waals surface area contributed by atoms with Crippen molar-refractivity contribution in [1.82, 2.24) is 15.1 Å². The van der Waals surface area contributed by atoms with Gasteiger partial charge in [0.1, 0.15) is 0 Å². The van der Waals surface area contributed by atoms with Crippen LogP contribution in [-0.2, 0) is 11.3 Å². The zero-order chi connectivity index (χ0) is 14.7. The van der Waals surface area contributed by atoms with Crippen molar-refractivity contribution in [2.75, 3.05) is 39.3 Å². The zero-order valence-corrected chi connectivity index (χ0v) is 14.6. The van der Waals surface area contributed by atoms with Gasteiger partial charge in [-0.15, -0.1) is 11.3 Å². The maximum absolute atomic E-state index is 12.5. The van der Waals surface area contributed by atoms with Crippen molar-refractivity contribution in [2.45, 2.75) is 19.4 Å². The zero-order valence-electron chi connectivity index (χ0n) is 12.2. The Morgan fingerprint density at radius 2 is 2.14 bits per heavy atom. The molecular weight excluding hydrogens is 350 g/mol. The number of thiophene rings is 1. The van der Waals surface area contributed by atoms with E-state index in [-0.39, 0.29) is 5.92 Å². The van der Waals surface area contributed by atoms with E-state index < -0.39 is 0 Å². The second kappa shape index (κ2) is 7.22. The number of amides is 1. The van der Waals surface area contributed by atoms with Crippen LogP contribution in [0.25, 0.3) is 0 Å². The summed E-state index contributed by atoms with van der Waals surface area (Å²) in [6, 6.07) is 4.29. The van der Waals surface area contributed by atoms with E-state index >= 15 is 0 Å². The molecule has 3 rings (SSSR count). The van der Waals surface area contributed by atoms with Gasteiger partial charge in [0.25, 0.3) is 0 Å². The highest BCUT2D eigenvalue weighted by Gasteiger charge is 2.28. The standard InChI is InChI=1S/C15H22BrN3OS/c16-14-4-3-13(21-14)11-18-6-8-19(9-7-18)15(20)12-2-1-5-17-10-12/h3-4,12,17H,1-2,5-11H2. The summed E-state index contributed by atoms with van der Waals surface area (Å²) in [6.45, 7) is 6.66. The van der Waals surface area contributed by atoms with E-state index in [0.29, 0.717) is 5.91 Å². The van der Waals surface area contributed by atoms with Crippen LogP contribution in [0.5, 0.6) is 0 Å². The Bertz CT molecular complexity index is 479. The second-order valence-corrected chi connectivity index (χ2v) is 8.40. The molecular formula is C15H22BrN3OS. The number of piperazine rings is 1. The van der Waals surface area contributed by atoms with Gasteiger partial charge in [0, 0.05) is 44.1 Å². The number of piperidine rings is 1. The van der Waals surface area contributed by atoms with E-state index in [4.69, 9.17) is 0 Å². The van der Waals surface area contributed by atoms with Gasteiger partial charge in [-0.3, -0.25) is 9.69 Å². The monoisotopic (exact) mass is 371 g/mol. The molecule has 1 aromatic heterocycles. The summed E-state index contributed by atoms with van der Waals surface area (Å²) in [5.74, 6) is 0.569. The average Bonchev–Trinajstić information content (AvgIpc) is 2.93. The lowest BCUT2D eigenvalue weighted by molar-refractivity contribution is -0.137. The molecule has 2 aliphatic heterocycles. The molecule has 4 nitrogen and oxygen atoms in total. The molecule has 2 aliphatic rings. The summed E-state index contributed by atoms with van der Waals surface area (Å²) < 4.78 is 1.19. The minimum atomic E-state index is 0.207. The van der Waals surface area contributed by atoms with E-state index in [2.05, 4.69) is 43.2 Å². The Balaban J connectivity index is 1.47. The van der Waals surface area contributed by atoms with Crippen molar-refractivity contribution >= 4 is 33.2 Å². The molecule has 3 heterocycles. The van der Waals surface area contributed by atoms with Gasteiger partial charge in [0.05, 0.1) is 9.70 Å². The van der Waals surface area contributed by atoms with Crippen molar-refractivity contribution in [3.8, 4) is 0 Å². The number of nitrogens with zero attached hydrogens (tertiary/aromatic N) is 2. The molecule has 2 saturated heterocycles. The first-order valence-corrected chi connectivity index (χ1v) is 9.29. The third-order valence-corrected chi connectivity index (χ3v) is 5.95. The summed E-state index contributed by atoms with van der Waals surface area (Å²) in [7, 11) is 0. The molecule has 0 saturated carbocycles. The van der Waals surface area contributed by atoms with Crippen LogP contribution in [0.1, 0.15) is 17.7 Å². The highest BCUT2D eigenvalue weighted by atomic mass is 79.9. The predicted molar refractivity (Wildman–Crippen MR) is 89.5 cm³/mol. The fraction of sp³-hybridized carbons (Fsp3) is 0.667. The van der Waals surface area contributed by atoms with E-state index in [9.17, 15) is 4.79 Å². The minimum absolute atomic E-state index is 0.207.